The first-order valence-electron chi connectivity index (χ1n) is 11.6. The van der Waals surface area contributed by atoms with Gasteiger partial charge in [-0.3, -0.25) is 4.90 Å². The fourth-order valence-corrected chi connectivity index (χ4v) is 13.8. The maximum atomic E-state index is 6.80. The molecular weight excluding hydrogens is 366 g/mol. The second-order valence-electron chi connectivity index (χ2n) is 8.90. The van der Waals surface area contributed by atoms with Gasteiger partial charge in [-0.25, -0.2) is 0 Å². The smallest absolute Gasteiger partial charge is 0.132 e. The molecule has 2 aliphatic rings. The van der Waals surface area contributed by atoms with Gasteiger partial charge in [0.25, 0.3) is 0 Å². The maximum absolute atomic E-state index is 6.80. The molecule has 0 radical (unpaired) electrons. The lowest BCUT2D eigenvalue weighted by Gasteiger charge is -2.35. The Labute approximate surface area is 168 Å². The van der Waals surface area contributed by atoms with E-state index in [4.69, 9.17) is 9.15 Å². The SMILES string of the molecule is CC[Si](CC)(CC)c1ccc([Si]2(CCCN3CCOCC3)CCCCC2)o1. The van der Waals surface area contributed by atoms with Crippen molar-refractivity contribution in [3.05, 3.63) is 12.1 Å². The van der Waals surface area contributed by atoms with E-state index in [-0.39, 0.29) is 0 Å². The van der Waals surface area contributed by atoms with Crippen LogP contribution in [0.4, 0.5) is 0 Å². The Hall–Kier alpha value is -0.366. The molecule has 0 N–H and O–H groups in total. The topological polar surface area (TPSA) is 25.6 Å². The molecule has 27 heavy (non-hydrogen) atoms. The van der Waals surface area contributed by atoms with E-state index < -0.39 is 16.1 Å². The molecule has 2 saturated heterocycles. The molecule has 0 aromatic carbocycles. The Kier molecular flexibility index (Phi) is 7.83. The molecule has 3 nitrogen and oxygen atoms in total. The number of morpholine rings is 1. The molecular formula is C22H41NO2Si2. The molecule has 1 aromatic heterocycles. The van der Waals surface area contributed by atoms with E-state index in [0.717, 1.165) is 26.3 Å². The predicted molar refractivity (Wildman–Crippen MR) is 121 cm³/mol. The van der Waals surface area contributed by atoms with Crippen molar-refractivity contribution in [2.75, 3.05) is 32.8 Å². The highest BCUT2D eigenvalue weighted by Crippen LogP contribution is 2.33. The highest BCUT2D eigenvalue weighted by Gasteiger charge is 2.41. The van der Waals surface area contributed by atoms with Crippen molar-refractivity contribution >= 4 is 26.9 Å². The molecule has 1 aromatic rings. The summed E-state index contributed by atoms with van der Waals surface area (Å²) in [5.74, 6) is 0. The summed E-state index contributed by atoms with van der Waals surface area (Å²) in [6, 6.07) is 13.1. The molecule has 0 atom stereocenters. The molecule has 3 rings (SSSR count). The van der Waals surface area contributed by atoms with Crippen LogP contribution >= 0.6 is 0 Å². The van der Waals surface area contributed by atoms with Crippen molar-refractivity contribution in [1.82, 2.24) is 4.90 Å². The molecule has 0 amide bonds. The number of ether oxygens (including phenoxy) is 1. The van der Waals surface area contributed by atoms with Gasteiger partial charge in [0, 0.05) is 13.1 Å². The van der Waals surface area contributed by atoms with Crippen molar-refractivity contribution < 1.29 is 9.15 Å². The van der Waals surface area contributed by atoms with Gasteiger partial charge in [0.2, 0.25) is 0 Å². The van der Waals surface area contributed by atoms with Crippen LogP contribution in [-0.2, 0) is 4.74 Å². The first-order chi connectivity index (χ1) is 13.2. The van der Waals surface area contributed by atoms with E-state index in [0.29, 0.717) is 0 Å². The van der Waals surface area contributed by atoms with Crippen LogP contribution in [0, 0.1) is 0 Å². The van der Waals surface area contributed by atoms with Crippen molar-refractivity contribution in [3.63, 3.8) is 0 Å². The van der Waals surface area contributed by atoms with E-state index in [2.05, 4.69) is 37.8 Å². The Morgan fingerprint density at radius 1 is 0.963 bits per heavy atom. The molecule has 2 fully saturated rings. The van der Waals surface area contributed by atoms with Crippen molar-refractivity contribution in [2.24, 2.45) is 0 Å². The Bertz CT molecular complexity index is 550. The Morgan fingerprint density at radius 2 is 1.63 bits per heavy atom. The van der Waals surface area contributed by atoms with Crippen LogP contribution < -0.4 is 10.8 Å². The van der Waals surface area contributed by atoms with E-state index >= 15 is 0 Å². The van der Waals surface area contributed by atoms with Gasteiger partial charge < -0.3 is 9.15 Å². The van der Waals surface area contributed by atoms with Crippen molar-refractivity contribution in [3.8, 4) is 0 Å². The third kappa shape index (κ3) is 4.80. The third-order valence-electron chi connectivity index (χ3n) is 7.73. The minimum absolute atomic E-state index is 0.919. The van der Waals surface area contributed by atoms with Crippen LogP contribution in [0.3, 0.4) is 0 Å². The van der Waals surface area contributed by atoms with Crippen LogP contribution in [0.15, 0.2) is 16.5 Å². The molecule has 154 valence electrons. The molecule has 2 aliphatic heterocycles. The Balaban J connectivity index is 1.72. The molecule has 0 saturated carbocycles. The molecule has 0 spiro atoms. The normalized spacial score (nSPS) is 21.4. The summed E-state index contributed by atoms with van der Waals surface area (Å²) in [4.78, 5) is 2.60. The zero-order chi connectivity index (χ0) is 19.2. The number of rotatable bonds is 9. The molecule has 0 unspecified atom stereocenters. The number of hydrogen-bond donors (Lipinski definition) is 0. The summed E-state index contributed by atoms with van der Waals surface area (Å²) in [6.07, 6.45) is 5.64. The fourth-order valence-electron chi connectivity index (χ4n) is 5.49. The van der Waals surface area contributed by atoms with Gasteiger partial charge in [0.1, 0.15) is 16.1 Å². The van der Waals surface area contributed by atoms with E-state index in [1.54, 1.807) is 0 Å². The van der Waals surface area contributed by atoms with Gasteiger partial charge in [-0.1, -0.05) is 70.3 Å². The molecule has 0 bridgehead atoms. The van der Waals surface area contributed by atoms with E-state index in [9.17, 15) is 0 Å². The van der Waals surface area contributed by atoms with Crippen LogP contribution in [0.2, 0.25) is 36.3 Å². The Morgan fingerprint density at radius 3 is 2.26 bits per heavy atom. The predicted octanol–water partition coefficient (Wildman–Crippen LogP) is 4.56. The second kappa shape index (κ2) is 9.90. The van der Waals surface area contributed by atoms with E-state index in [1.807, 2.05) is 0 Å². The summed E-state index contributed by atoms with van der Waals surface area (Å²) in [7, 11) is -2.84. The van der Waals surface area contributed by atoms with Gasteiger partial charge >= 0.3 is 0 Å². The lowest BCUT2D eigenvalue weighted by atomic mass is 10.3. The maximum Gasteiger partial charge on any atom is 0.132 e. The van der Waals surface area contributed by atoms with Gasteiger partial charge in [-0.15, -0.1) is 0 Å². The molecule has 5 heteroatoms. The van der Waals surface area contributed by atoms with Crippen LogP contribution in [0.5, 0.6) is 0 Å². The molecule has 3 heterocycles. The summed E-state index contributed by atoms with van der Waals surface area (Å²) in [5, 5.41) is 2.88. The first-order valence-corrected chi connectivity index (χ1v) is 16.8. The summed E-state index contributed by atoms with van der Waals surface area (Å²) in [5.41, 5.74) is 0. The minimum Gasteiger partial charge on any atom is -0.476 e. The fraction of sp³-hybridized carbons (Fsp3) is 0.818. The summed E-state index contributed by atoms with van der Waals surface area (Å²) >= 11 is 0. The average molecular weight is 408 g/mol. The number of hydrogen-bond acceptors (Lipinski definition) is 3. The highest BCUT2D eigenvalue weighted by molar-refractivity contribution is 6.93. The average Bonchev–Trinajstić information content (AvgIpc) is 3.23. The molecule has 0 aliphatic carbocycles. The van der Waals surface area contributed by atoms with Crippen LogP contribution in [0.1, 0.15) is 46.5 Å². The second-order valence-corrected chi connectivity index (χ2v) is 18.6. The minimum atomic E-state index is -1.44. The summed E-state index contributed by atoms with van der Waals surface area (Å²) < 4.78 is 12.3. The number of furan rings is 1. The third-order valence-corrected chi connectivity index (χ3v) is 18.3. The zero-order valence-electron chi connectivity index (χ0n) is 18.0. The number of nitrogens with zero attached hydrogens (tertiary/aromatic N) is 1. The van der Waals surface area contributed by atoms with Crippen LogP contribution in [0.25, 0.3) is 0 Å². The van der Waals surface area contributed by atoms with Gasteiger partial charge in [-0.05, 0) is 31.1 Å². The zero-order valence-corrected chi connectivity index (χ0v) is 20.0. The van der Waals surface area contributed by atoms with Gasteiger partial charge in [0.05, 0.1) is 24.0 Å². The monoisotopic (exact) mass is 407 g/mol. The van der Waals surface area contributed by atoms with Gasteiger partial charge in [0.15, 0.2) is 0 Å². The van der Waals surface area contributed by atoms with E-state index in [1.165, 1.54) is 79.3 Å². The lowest BCUT2D eigenvalue weighted by molar-refractivity contribution is 0.0379. The largest absolute Gasteiger partial charge is 0.476 e. The van der Waals surface area contributed by atoms with Gasteiger partial charge in [-0.2, -0.15) is 0 Å². The van der Waals surface area contributed by atoms with Crippen LogP contribution in [-0.4, -0.2) is 53.9 Å². The standard InChI is InChI=1S/C22H41NO2Si2/c1-4-26(5-2,6-3)21-11-12-22(25-21)27(18-8-7-9-19-27)20-10-13-23-14-16-24-17-15-23/h11-12H,4-10,13-20H2,1-3H3. The lowest BCUT2D eigenvalue weighted by Crippen LogP contribution is -2.50. The summed E-state index contributed by atoms with van der Waals surface area (Å²) in [6.45, 7) is 12.5. The first kappa shape index (κ1) is 21.3. The quantitative estimate of drug-likeness (QED) is 0.561. The van der Waals surface area contributed by atoms with Crippen molar-refractivity contribution in [2.45, 2.75) is 82.7 Å². The highest BCUT2D eigenvalue weighted by atomic mass is 28.3. The van der Waals surface area contributed by atoms with Crippen molar-refractivity contribution in [1.29, 1.82) is 0 Å².